The number of hydrogen-bond donors (Lipinski definition) is 2. The van der Waals surface area contributed by atoms with E-state index in [0.717, 1.165) is 6.42 Å². The molecule has 1 saturated heterocycles. The molecule has 1 heterocycles. The second-order valence-electron chi connectivity index (χ2n) is 2.66. The maximum atomic E-state index is 9.26. The van der Waals surface area contributed by atoms with Crippen LogP contribution in [-0.4, -0.2) is 35.1 Å². The zero-order valence-corrected chi connectivity index (χ0v) is 6.16. The summed E-state index contributed by atoms with van der Waals surface area (Å²) in [5.41, 5.74) is 0. The minimum absolute atomic E-state index is 0.163. The molecule has 1 aliphatic rings. The Morgan fingerprint density at radius 2 is 2.20 bits per heavy atom. The van der Waals surface area contributed by atoms with Gasteiger partial charge in [-0.05, 0) is 12.8 Å². The fourth-order valence-corrected chi connectivity index (χ4v) is 1.22. The first-order valence-electron chi connectivity index (χ1n) is 3.73. The van der Waals surface area contributed by atoms with Crippen molar-refractivity contribution in [3.8, 4) is 0 Å². The van der Waals surface area contributed by atoms with Crippen molar-refractivity contribution >= 4 is 0 Å². The van der Waals surface area contributed by atoms with Crippen LogP contribution >= 0.6 is 0 Å². The topological polar surface area (TPSA) is 49.7 Å². The molecule has 1 aliphatic heterocycles. The second kappa shape index (κ2) is 3.32. The van der Waals surface area contributed by atoms with E-state index in [2.05, 4.69) is 0 Å². The molecular weight excluding hydrogens is 132 g/mol. The highest BCUT2D eigenvalue weighted by Gasteiger charge is 2.29. The van der Waals surface area contributed by atoms with E-state index in [9.17, 15) is 5.11 Å². The molecule has 0 aliphatic carbocycles. The second-order valence-corrected chi connectivity index (χ2v) is 2.66. The van der Waals surface area contributed by atoms with Crippen LogP contribution in [0.1, 0.15) is 19.8 Å². The first-order valence-corrected chi connectivity index (χ1v) is 3.73. The minimum Gasteiger partial charge on any atom is -0.390 e. The Kier molecular flexibility index (Phi) is 2.65. The molecule has 0 aromatic carbocycles. The zero-order valence-electron chi connectivity index (χ0n) is 6.16. The summed E-state index contributed by atoms with van der Waals surface area (Å²) in [6.45, 7) is 2.50. The summed E-state index contributed by atoms with van der Waals surface area (Å²) in [6, 6.07) is 0. The average molecular weight is 146 g/mol. The molecule has 0 aromatic rings. The van der Waals surface area contributed by atoms with E-state index < -0.39 is 12.2 Å². The molecule has 0 spiro atoms. The first-order chi connectivity index (χ1) is 4.75. The van der Waals surface area contributed by atoms with Crippen LogP contribution in [0.25, 0.3) is 0 Å². The smallest absolute Gasteiger partial charge is 0.106 e. The summed E-state index contributed by atoms with van der Waals surface area (Å²) < 4.78 is 5.20. The lowest BCUT2D eigenvalue weighted by Crippen LogP contribution is -2.43. The number of hydrogen-bond acceptors (Lipinski definition) is 3. The molecule has 60 valence electrons. The Hall–Kier alpha value is -0.120. The highest BCUT2D eigenvalue weighted by atomic mass is 16.5. The van der Waals surface area contributed by atoms with Gasteiger partial charge in [0.25, 0.3) is 0 Å². The van der Waals surface area contributed by atoms with Gasteiger partial charge in [-0.15, -0.1) is 0 Å². The van der Waals surface area contributed by atoms with Crippen molar-refractivity contribution in [3.05, 3.63) is 0 Å². The molecule has 0 saturated carbocycles. The fourth-order valence-electron chi connectivity index (χ4n) is 1.22. The molecule has 3 nitrogen and oxygen atoms in total. The van der Waals surface area contributed by atoms with Gasteiger partial charge in [-0.25, -0.2) is 0 Å². The number of ether oxygens (including phenoxy) is 1. The van der Waals surface area contributed by atoms with E-state index >= 15 is 0 Å². The first kappa shape index (κ1) is 7.98. The lowest BCUT2D eigenvalue weighted by Gasteiger charge is -2.31. The van der Waals surface area contributed by atoms with Crippen molar-refractivity contribution in [2.75, 3.05) is 6.61 Å². The van der Waals surface area contributed by atoms with Crippen molar-refractivity contribution in [1.29, 1.82) is 0 Å². The highest BCUT2D eigenvalue weighted by Crippen LogP contribution is 2.16. The Bertz CT molecular complexity index is 105. The molecular formula is C7H14O3. The minimum atomic E-state index is -0.682. The number of aliphatic hydroxyl groups is 2. The van der Waals surface area contributed by atoms with Gasteiger partial charge < -0.3 is 14.9 Å². The van der Waals surface area contributed by atoms with Crippen LogP contribution in [0.5, 0.6) is 0 Å². The van der Waals surface area contributed by atoms with Crippen LogP contribution in [0, 0.1) is 0 Å². The van der Waals surface area contributed by atoms with Gasteiger partial charge in [-0.3, -0.25) is 0 Å². The lowest BCUT2D eigenvalue weighted by atomic mass is 10.0. The molecule has 0 aromatic heterocycles. The monoisotopic (exact) mass is 146 g/mol. The van der Waals surface area contributed by atoms with Crippen LogP contribution in [-0.2, 0) is 4.74 Å². The third-order valence-corrected chi connectivity index (χ3v) is 1.92. The van der Waals surface area contributed by atoms with Crippen LogP contribution in [0.3, 0.4) is 0 Å². The van der Waals surface area contributed by atoms with E-state index in [4.69, 9.17) is 9.84 Å². The van der Waals surface area contributed by atoms with E-state index in [1.165, 1.54) is 0 Å². The van der Waals surface area contributed by atoms with Crippen molar-refractivity contribution in [2.45, 2.75) is 38.1 Å². The molecule has 0 amide bonds. The fraction of sp³-hybridized carbons (Fsp3) is 1.00. The van der Waals surface area contributed by atoms with E-state index in [1.807, 2.05) is 6.92 Å². The van der Waals surface area contributed by atoms with Gasteiger partial charge >= 0.3 is 0 Å². The molecule has 1 rings (SSSR count). The molecule has 2 N–H and O–H groups in total. The molecule has 0 bridgehead atoms. The molecule has 10 heavy (non-hydrogen) atoms. The third-order valence-electron chi connectivity index (χ3n) is 1.92. The maximum absolute atomic E-state index is 9.26. The standard InChI is InChI=1S/C7H14O3/c1-2-6-7(9)5(8)3-4-10-6/h5-9H,2-4H2,1H3/t5-,6-,7+/m1/s1. The summed E-state index contributed by atoms with van der Waals surface area (Å²) in [7, 11) is 0. The van der Waals surface area contributed by atoms with E-state index in [0.29, 0.717) is 13.0 Å². The molecule has 3 atom stereocenters. The van der Waals surface area contributed by atoms with Crippen LogP contribution in [0.4, 0.5) is 0 Å². The van der Waals surface area contributed by atoms with Gasteiger partial charge in [0, 0.05) is 6.61 Å². The number of rotatable bonds is 1. The summed E-state index contributed by atoms with van der Waals surface area (Å²) in [5.74, 6) is 0. The molecule has 0 unspecified atom stereocenters. The van der Waals surface area contributed by atoms with Gasteiger partial charge in [0.05, 0.1) is 12.2 Å². The normalized spacial score (nSPS) is 41.7. The quantitative estimate of drug-likeness (QED) is 0.543. The van der Waals surface area contributed by atoms with Gasteiger partial charge in [0.2, 0.25) is 0 Å². The van der Waals surface area contributed by atoms with Gasteiger partial charge in [0.1, 0.15) is 6.10 Å². The van der Waals surface area contributed by atoms with Crippen molar-refractivity contribution < 1.29 is 14.9 Å². The third kappa shape index (κ3) is 1.48. The largest absolute Gasteiger partial charge is 0.390 e. The van der Waals surface area contributed by atoms with Crippen LogP contribution in [0.2, 0.25) is 0 Å². The highest BCUT2D eigenvalue weighted by molar-refractivity contribution is 4.79. The summed E-state index contributed by atoms with van der Waals surface area (Å²) in [5, 5.41) is 18.4. The summed E-state index contributed by atoms with van der Waals surface area (Å²) in [6.07, 6.45) is -0.114. The van der Waals surface area contributed by atoms with Gasteiger partial charge in [-0.2, -0.15) is 0 Å². The van der Waals surface area contributed by atoms with Crippen molar-refractivity contribution in [1.82, 2.24) is 0 Å². The summed E-state index contributed by atoms with van der Waals surface area (Å²) >= 11 is 0. The Labute approximate surface area is 60.6 Å². The van der Waals surface area contributed by atoms with E-state index in [-0.39, 0.29) is 6.10 Å². The summed E-state index contributed by atoms with van der Waals surface area (Å²) in [4.78, 5) is 0. The molecule has 1 fully saturated rings. The van der Waals surface area contributed by atoms with Gasteiger partial charge in [-0.1, -0.05) is 6.92 Å². The van der Waals surface area contributed by atoms with Gasteiger partial charge in [0.15, 0.2) is 0 Å². The number of aliphatic hydroxyl groups excluding tert-OH is 2. The Morgan fingerprint density at radius 1 is 1.50 bits per heavy atom. The predicted octanol–water partition coefficient (Wildman–Crippen LogP) is -0.0929. The van der Waals surface area contributed by atoms with Crippen LogP contribution in [0.15, 0.2) is 0 Å². The van der Waals surface area contributed by atoms with E-state index in [1.54, 1.807) is 0 Å². The molecule has 3 heteroatoms. The zero-order chi connectivity index (χ0) is 7.56. The Balaban J connectivity index is 2.42. The van der Waals surface area contributed by atoms with Crippen molar-refractivity contribution in [2.24, 2.45) is 0 Å². The lowest BCUT2D eigenvalue weighted by molar-refractivity contribution is -0.135. The Morgan fingerprint density at radius 3 is 2.70 bits per heavy atom. The SMILES string of the molecule is CC[C@H]1OCC[C@@H](O)[C@@H]1O. The predicted molar refractivity (Wildman–Crippen MR) is 36.7 cm³/mol. The maximum Gasteiger partial charge on any atom is 0.106 e. The molecule has 0 radical (unpaired) electrons. The van der Waals surface area contributed by atoms with Crippen LogP contribution < -0.4 is 0 Å². The average Bonchev–Trinajstić information content (AvgIpc) is 1.95. The van der Waals surface area contributed by atoms with Crippen molar-refractivity contribution in [3.63, 3.8) is 0 Å².